The Morgan fingerprint density at radius 3 is 2.70 bits per heavy atom. The molecule has 1 aliphatic heterocycles. The van der Waals surface area contributed by atoms with E-state index >= 15 is 0 Å². The minimum atomic E-state index is -0.0756. The Morgan fingerprint density at radius 1 is 1.25 bits per heavy atom. The zero-order chi connectivity index (χ0) is 14.3. The van der Waals surface area contributed by atoms with E-state index in [1.807, 2.05) is 6.92 Å². The lowest BCUT2D eigenvalue weighted by atomic mass is 10.0. The van der Waals surface area contributed by atoms with Crippen molar-refractivity contribution in [3.8, 4) is 0 Å². The van der Waals surface area contributed by atoms with Gasteiger partial charge in [-0.25, -0.2) is 0 Å². The number of benzene rings is 1. The molecule has 0 spiro atoms. The Morgan fingerprint density at radius 2 is 2.05 bits per heavy atom. The number of amides is 1. The number of carbonyl (C=O) groups excluding carboxylic acids is 1. The molecule has 108 valence electrons. The molecule has 1 amide bonds. The van der Waals surface area contributed by atoms with E-state index in [4.69, 9.17) is 0 Å². The maximum absolute atomic E-state index is 12.6. The first-order valence-electron chi connectivity index (χ1n) is 7.72. The number of hydrogen-bond acceptors (Lipinski definition) is 2. The highest BCUT2D eigenvalue weighted by atomic mass is 16.2. The average Bonchev–Trinajstić information content (AvgIpc) is 2.95. The monoisotopic (exact) mass is 272 g/mol. The lowest BCUT2D eigenvalue weighted by Gasteiger charge is -2.33. The van der Waals surface area contributed by atoms with Crippen LogP contribution in [0.3, 0.4) is 0 Å². The van der Waals surface area contributed by atoms with Crippen molar-refractivity contribution in [1.29, 1.82) is 0 Å². The summed E-state index contributed by atoms with van der Waals surface area (Å²) < 4.78 is 0. The normalized spacial score (nSPS) is 34.0. The van der Waals surface area contributed by atoms with Crippen LogP contribution in [0.2, 0.25) is 0 Å². The van der Waals surface area contributed by atoms with Crippen LogP contribution in [0, 0.1) is 12.8 Å². The van der Waals surface area contributed by atoms with Crippen molar-refractivity contribution >= 4 is 5.91 Å². The predicted octanol–water partition coefficient (Wildman–Crippen LogP) is 3.00. The molecule has 3 heteroatoms. The fraction of sp³-hybridized carbons (Fsp3) is 0.588. The molecular weight excluding hydrogens is 248 g/mol. The van der Waals surface area contributed by atoms with E-state index in [1.54, 1.807) is 0 Å². The standard InChI is InChI=1S/C17H24N2O/c1-11-6-4-8-14(10-11)16-18-13(3)17(20)19(16)15-9-5-7-12(15)2/h4,6,8,10,12-13,15-16,18H,5,7,9H2,1-3H3. The topological polar surface area (TPSA) is 32.3 Å². The molecule has 2 fully saturated rings. The van der Waals surface area contributed by atoms with Crippen molar-refractivity contribution in [2.75, 3.05) is 0 Å². The van der Waals surface area contributed by atoms with Gasteiger partial charge in [-0.05, 0) is 38.2 Å². The van der Waals surface area contributed by atoms with Crippen molar-refractivity contribution in [1.82, 2.24) is 10.2 Å². The van der Waals surface area contributed by atoms with Crippen LogP contribution >= 0.6 is 0 Å². The maximum atomic E-state index is 12.6. The van der Waals surface area contributed by atoms with Crippen LogP contribution < -0.4 is 5.32 Å². The molecule has 3 rings (SSSR count). The highest BCUT2D eigenvalue weighted by Gasteiger charge is 2.43. The Hall–Kier alpha value is -1.35. The summed E-state index contributed by atoms with van der Waals surface area (Å²) >= 11 is 0. The first-order chi connectivity index (χ1) is 9.58. The third kappa shape index (κ3) is 2.24. The summed E-state index contributed by atoms with van der Waals surface area (Å²) in [7, 11) is 0. The molecule has 3 nitrogen and oxygen atoms in total. The second-order valence-corrected chi connectivity index (χ2v) is 6.43. The van der Waals surface area contributed by atoms with E-state index < -0.39 is 0 Å². The van der Waals surface area contributed by atoms with Gasteiger partial charge >= 0.3 is 0 Å². The summed E-state index contributed by atoms with van der Waals surface area (Å²) in [6.07, 6.45) is 3.67. The van der Waals surface area contributed by atoms with Crippen molar-refractivity contribution in [3.63, 3.8) is 0 Å². The van der Waals surface area contributed by atoms with E-state index in [2.05, 4.69) is 48.3 Å². The summed E-state index contributed by atoms with van der Waals surface area (Å²) in [5, 5.41) is 3.47. The Bertz CT molecular complexity index is 513. The molecule has 0 bridgehead atoms. The van der Waals surface area contributed by atoms with E-state index in [0.29, 0.717) is 12.0 Å². The number of nitrogens with one attached hydrogen (secondary N) is 1. The van der Waals surface area contributed by atoms with E-state index in [9.17, 15) is 4.79 Å². The molecule has 1 heterocycles. The summed E-state index contributed by atoms with van der Waals surface area (Å²) in [6, 6.07) is 8.82. The fourth-order valence-electron chi connectivity index (χ4n) is 3.73. The first kappa shape index (κ1) is 13.6. The van der Waals surface area contributed by atoms with Crippen LogP contribution in [0.15, 0.2) is 24.3 Å². The molecule has 1 saturated heterocycles. The number of hydrogen-bond donors (Lipinski definition) is 1. The van der Waals surface area contributed by atoms with Gasteiger partial charge in [0.25, 0.3) is 0 Å². The first-order valence-corrected chi connectivity index (χ1v) is 7.72. The third-order valence-electron chi connectivity index (χ3n) is 4.84. The third-order valence-corrected chi connectivity index (χ3v) is 4.84. The summed E-state index contributed by atoms with van der Waals surface area (Å²) in [5.74, 6) is 0.869. The van der Waals surface area contributed by atoms with Crippen LogP contribution in [-0.4, -0.2) is 22.9 Å². The number of aryl methyl sites for hydroxylation is 1. The van der Waals surface area contributed by atoms with Gasteiger partial charge in [0.1, 0.15) is 6.17 Å². The van der Waals surface area contributed by atoms with Gasteiger partial charge in [-0.3, -0.25) is 10.1 Å². The molecule has 1 N–H and O–H groups in total. The molecule has 0 radical (unpaired) electrons. The molecule has 1 aromatic carbocycles. The smallest absolute Gasteiger partial charge is 0.241 e. The summed E-state index contributed by atoms with van der Waals surface area (Å²) in [6.45, 7) is 6.36. The molecule has 20 heavy (non-hydrogen) atoms. The quantitative estimate of drug-likeness (QED) is 0.897. The summed E-state index contributed by atoms with van der Waals surface area (Å²) in [4.78, 5) is 14.7. The van der Waals surface area contributed by atoms with Crippen molar-refractivity contribution in [3.05, 3.63) is 35.4 Å². The minimum Gasteiger partial charge on any atom is -0.318 e. The maximum Gasteiger partial charge on any atom is 0.241 e. The number of rotatable bonds is 2. The lowest BCUT2D eigenvalue weighted by molar-refractivity contribution is -0.132. The van der Waals surface area contributed by atoms with Crippen LogP contribution in [-0.2, 0) is 4.79 Å². The molecule has 2 aliphatic rings. The van der Waals surface area contributed by atoms with Crippen molar-refractivity contribution in [2.24, 2.45) is 5.92 Å². The van der Waals surface area contributed by atoms with Gasteiger partial charge in [0, 0.05) is 6.04 Å². The molecular formula is C17H24N2O. The molecule has 0 aromatic heterocycles. The van der Waals surface area contributed by atoms with Gasteiger partial charge in [0.15, 0.2) is 0 Å². The SMILES string of the molecule is Cc1cccc(C2NC(C)C(=O)N2C2CCCC2C)c1. The number of carbonyl (C=O) groups is 1. The van der Waals surface area contributed by atoms with Crippen LogP contribution in [0.5, 0.6) is 0 Å². The predicted molar refractivity (Wildman–Crippen MR) is 80.2 cm³/mol. The second kappa shape index (κ2) is 5.21. The van der Waals surface area contributed by atoms with Crippen molar-refractivity contribution < 1.29 is 4.79 Å². The average molecular weight is 272 g/mol. The lowest BCUT2D eigenvalue weighted by Crippen LogP contribution is -2.41. The molecule has 1 saturated carbocycles. The zero-order valence-electron chi connectivity index (χ0n) is 12.6. The molecule has 1 aliphatic carbocycles. The molecule has 4 unspecified atom stereocenters. The number of nitrogens with zero attached hydrogens (tertiary/aromatic N) is 1. The van der Waals surface area contributed by atoms with E-state index in [-0.39, 0.29) is 18.1 Å². The van der Waals surface area contributed by atoms with Gasteiger partial charge in [-0.1, -0.05) is 43.2 Å². The van der Waals surface area contributed by atoms with Gasteiger partial charge < -0.3 is 4.90 Å². The van der Waals surface area contributed by atoms with Gasteiger partial charge in [-0.15, -0.1) is 0 Å². The molecule has 4 atom stereocenters. The fourth-order valence-corrected chi connectivity index (χ4v) is 3.73. The van der Waals surface area contributed by atoms with Crippen LogP contribution in [0.25, 0.3) is 0 Å². The highest BCUT2D eigenvalue weighted by molar-refractivity contribution is 5.84. The molecule has 1 aromatic rings. The zero-order valence-corrected chi connectivity index (χ0v) is 12.6. The van der Waals surface area contributed by atoms with E-state index in [0.717, 1.165) is 6.42 Å². The Kier molecular flexibility index (Phi) is 3.55. The Labute approximate surface area is 121 Å². The Balaban J connectivity index is 1.94. The summed E-state index contributed by atoms with van der Waals surface area (Å²) in [5.41, 5.74) is 2.46. The van der Waals surface area contributed by atoms with Gasteiger partial charge in [0.2, 0.25) is 5.91 Å². The minimum absolute atomic E-state index is 0.0444. The largest absolute Gasteiger partial charge is 0.318 e. The second-order valence-electron chi connectivity index (χ2n) is 6.43. The van der Waals surface area contributed by atoms with Gasteiger partial charge in [-0.2, -0.15) is 0 Å². The van der Waals surface area contributed by atoms with Crippen LogP contribution in [0.1, 0.15) is 50.4 Å². The van der Waals surface area contributed by atoms with E-state index in [1.165, 1.54) is 24.0 Å². The van der Waals surface area contributed by atoms with Crippen molar-refractivity contribution in [2.45, 2.75) is 58.3 Å². The highest BCUT2D eigenvalue weighted by Crippen LogP contribution is 2.37. The van der Waals surface area contributed by atoms with Crippen LogP contribution in [0.4, 0.5) is 0 Å². The van der Waals surface area contributed by atoms with Gasteiger partial charge in [0.05, 0.1) is 6.04 Å².